The van der Waals surface area contributed by atoms with E-state index in [0.29, 0.717) is 0 Å². The Balaban J connectivity index is 1.90. The van der Waals surface area contributed by atoms with Crippen molar-refractivity contribution in [2.45, 2.75) is 13.0 Å². The highest BCUT2D eigenvalue weighted by atomic mass is 16.2. The maximum atomic E-state index is 12.4. The number of carbonyl (C=O) groups is 1. The number of benzene rings is 1. The van der Waals surface area contributed by atoms with Gasteiger partial charge in [0.1, 0.15) is 0 Å². The van der Waals surface area contributed by atoms with E-state index < -0.39 is 0 Å². The van der Waals surface area contributed by atoms with Crippen LogP contribution in [0.15, 0.2) is 24.4 Å². The fraction of sp³-hybridized carbons (Fsp3) is 0.385. The summed E-state index contributed by atoms with van der Waals surface area (Å²) >= 11 is 0. The second-order valence-electron chi connectivity index (χ2n) is 4.72. The molecule has 0 spiro atoms. The molecule has 0 bridgehead atoms. The molecule has 1 aromatic heterocycles. The number of H-pyrrole nitrogens is 1. The van der Waals surface area contributed by atoms with Crippen LogP contribution in [-0.2, 0) is 0 Å². The van der Waals surface area contributed by atoms with Gasteiger partial charge in [-0.15, -0.1) is 0 Å². The average Bonchev–Trinajstić information content (AvgIpc) is 2.85. The molecule has 1 aliphatic heterocycles. The van der Waals surface area contributed by atoms with Crippen molar-refractivity contribution in [3.8, 4) is 0 Å². The molecule has 2 N–H and O–H groups in total. The Labute approximate surface area is 105 Å². The second kappa shape index (κ2) is 4.42. The lowest BCUT2D eigenvalue weighted by molar-refractivity contribution is 0.0656. The maximum absolute atomic E-state index is 12.4. The highest BCUT2D eigenvalue weighted by Gasteiger charge is 2.24. The second-order valence-corrected chi connectivity index (χ2v) is 4.72. The van der Waals surface area contributed by atoms with Gasteiger partial charge in [-0.25, -0.2) is 0 Å². The van der Waals surface area contributed by atoms with Crippen LogP contribution in [0.5, 0.6) is 0 Å². The molecule has 1 aliphatic rings. The molecule has 5 nitrogen and oxygen atoms in total. The highest BCUT2D eigenvalue weighted by molar-refractivity contribution is 5.97. The SMILES string of the molecule is CC1CNCCN1C(=O)c1ccc2cn[nH]c2c1. The fourth-order valence-corrected chi connectivity index (χ4v) is 2.38. The molecule has 2 heterocycles. The lowest BCUT2D eigenvalue weighted by atomic mass is 10.1. The lowest BCUT2D eigenvalue weighted by Gasteiger charge is -2.34. The van der Waals surface area contributed by atoms with E-state index in [1.807, 2.05) is 23.1 Å². The summed E-state index contributed by atoms with van der Waals surface area (Å²) in [6.45, 7) is 4.56. The third-order valence-corrected chi connectivity index (χ3v) is 3.45. The quantitative estimate of drug-likeness (QED) is 0.786. The number of hydrogen-bond donors (Lipinski definition) is 2. The first-order chi connectivity index (χ1) is 8.75. The van der Waals surface area contributed by atoms with Gasteiger partial charge in [0, 0.05) is 36.6 Å². The predicted octanol–water partition coefficient (Wildman–Crippen LogP) is 0.997. The summed E-state index contributed by atoms with van der Waals surface area (Å²) in [4.78, 5) is 14.4. The summed E-state index contributed by atoms with van der Waals surface area (Å²) in [5, 5.41) is 11.2. The molecule has 1 amide bonds. The van der Waals surface area contributed by atoms with Gasteiger partial charge in [0.05, 0.1) is 11.7 Å². The van der Waals surface area contributed by atoms with E-state index in [4.69, 9.17) is 0 Å². The third kappa shape index (κ3) is 1.86. The van der Waals surface area contributed by atoms with Crippen molar-refractivity contribution < 1.29 is 4.79 Å². The van der Waals surface area contributed by atoms with Gasteiger partial charge in [-0.2, -0.15) is 5.10 Å². The van der Waals surface area contributed by atoms with Crippen LogP contribution in [0.1, 0.15) is 17.3 Å². The van der Waals surface area contributed by atoms with Gasteiger partial charge < -0.3 is 10.2 Å². The first-order valence-electron chi connectivity index (χ1n) is 6.20. The first-order valence-corrected chi connectivity index (χ1v) is 6.20. The smallest absolute Gasteiger partial charge is 0.254 e. The zero-order chi connectivity index (χ0) is 12.5. The standard InChI is InChI=1S/C13H16N4O/c1-9-7-14-4-5-17(9)13(18)10-2-3-11-8-15-16-12(11)6-10/h2-3,6,8-9,14H,4-5,7H2,1H3,(H,15,16). The van der Waals surface area contributed by atoms with Crippen LogP contribution in [0.3, 0.4) is 0 Å². The molecule has 1 fully saturated rings. The minimum atomic E-state index is 0.0977. The van der Waals surface area contributed by atoms with Crippen LogP contribution in [0.25, 0.3) is 10.9 Å². The molecule has 3 rings (SSSR count). The average molecular weight is 244 g/mol. The van der Waals surface area contributed by atoms with Gasteiger partial charge in [0.15, 0.2) is 0 Å². The van der Waals surface area contributed by atoms with E-state index >= 15 is 0 Å². The van der Waals surface area contributed by atoms with E-state index in [1.54, 1.807) is 6.20 Å². The molecule has 94 valence electrons. The highest BCUT2D eigenvalue weighted by Crippen LogP contribution is 2.16. The van der Waals surface area contributed by atoms with Crippen LogP contribution in [0.4, 0.5) is 0 Å². The van der Waals surface area contributed by atoms with E-state index in [9.17, 15) is 4.79 Å². The number of hydrogen-bond acceptors (Lipinski definition) is 3. The van der Waals surface area contributed by atoms with Gasteiger partial charge in [-0.05, 0) is 19.1 Å². The number of fused-ring (bicyclic) bond motifs is 1. The van der Waals surface area contributed by atoms with Crippen molar-refractivity contribution in [1.82, 2.24) is 20.4 Å². The molecule has 0 aliphatic carbocycles. The first kappa shape index (κ1) is 11.2. The van der Waals surface area contributed by atoms with Crippen molar-refractivity contribution in [3.05, 3.63) is 30.0 Å². The Kier molecular flexibility index (Phi) is 2.76. The molecule has 1 unspecified atom stereocenters. The van der Waals surface area contributed by atoms with Gasteiger partial charge in [-0.1, -0.05) is 6.07 Å². The van der Waals surface area contributed by atoms with Gasteiger partial charge in [-0.3, -0.25) is 9.89 Å². The number of nitrogens with one attached hydrogen (secondary N) is 2. The Bertz CT molecular complexity index is 577. The van der Waals surface area contributed by atoms with Gasteiger partial charge >= 0.3 is 0 Å². The molecule has 18 heavy (non-hydrogen) atoms. The number of carbonyl (C=O) groups excluding carboxylic acids is 1. The van der Waals surface area contributed by atoms with Crippen molar-refractivity contribution in [1.29, 1.82) is 0 Å². The number of amides is 1. The number of nitrogens with zero attached hydrogens (tertiary/aromatic N) is 2. The predicted molar refractivity (Wildman–Crippen MR) is 69.5 cm³/mol. The van der Waals surface area contributed by atoms with Crippen molar-refractivity contribution >= 4 is 16.8 Å². The topological polar surface area (TPSA) is 61.0 Å². The van der Waals surface area contributed by atoms with Crippen molar-refractivity contribution in [2.75, 3.05) is 19.6 Å². The molecule has 1 atom stereocenters. The van der Waals surface area contributed by atoms with Gasteiger partial charge in [0.25, 0.3) is 5.91 Å². The monoisotopic (exact) mass is 244 g/mol. The Morgan fingerprint density at radius 3 is 3.22 bits per heavy atom. The third-order valence-electron chi connectivity index (χ3n) is 3.45. The molecule has 1 aromatic carbocycles. The van der Waals surface area contributed by atoms with Gasteiger partial charge in [0.2, 0.25) is 0 Å². The Hall–Kier alpha value is -1.88. The Morgan fingerprint density at radius 2 is 2.39 bits per heavy atom. The zero-order valence-corrected chi connectivity index (χ0v) is 10.3. The van der Waals surface area contributed by atoms with Crippen LogP contribution in [-0.4, -0.2) is 46.7 Å². The minimum absolute atomic E-state index is 0.0977. The lowest BCUT2D eigenvalue weighted by Crippen LogP contribution is -2.52. The van der Waals surface area contributed by atoms with Crippen LogP contribution in [0.2, 0.25) is 0 Å². The normalized spacial score (nSPS) is 20.3. The molecule has 1 saturated heterocycles. The molecular formula is C13H16N4O. The summed E-state index contributed by atoms with van der Waals surface area (Å²) in [5.41, 5.74) is 1.63. The van der Waals surface area contributed by atoms with Crippen molar-refractivity contribution in [2.24, 2.45) is 0 Å². The number of aromatic amines is 1. The zero-order valence-electron chi connectivity index (χ0n) is 10.3. The van der Waals surface area contributed by atoms with E-state index in [0.717, 1.165) is 36.1 Å². The van der Waals surface area contributed by atoms with Crippen LogP contribution < -0.4 is 5.32 Å². The summed E-state index contributed by atoms with van der Waals surface area (Å²) in [5.74, 6) is 0.0977. The number of rotatable bonds is 1. The summed E-state index contributed by atoms with van der Waals surface area (Å²) in [6, 6.07) is 5.91. The van der Waals surface area contributed by atoms with Crippen LogP contribution in [0, 0.1) is 0 Å². The van der Waals surface area contributed by atoms with E-state index in [2.05, 4.69) is 22.4 Å². The molecule has 5 heteroatoms. The largest absolute Gasteiger partial charge is 0.333 e. The summed E-state index contributed by atoms with van der Waals surface area (Å²) in [7, 11) is 0. The van der Waals surface area contributed by atoms with Crippen molar-refractivity contribution in [3.63, 3.8) is 0 Å². The van der Waals surface area contributed by atoms with E-state index in [-0.39, 0.29) is 11.9 Å². The fourth-order valence-electron chi connectivity index (χ4n) is 2.38. The Morgan fingerprint density at radius 1 is 1.50 bits per heavy atom. The minimum Gasteiger partial charge on any atom is -0.333 e. The summed E-state index contributed by atoms with van der Waals surface area (Å²) in [6.07, 6.45) is 1.76. The van der Waals surface area contributed by atoms with E-state index in [1.165, 1.54) is 0 Å². The number of aromatic nitrogens is 2. The molecule has 2 aromatic rings. The molecular weight excluding hydrogens is 228 g/mol. The number of piperazine rings is 1. The molecule has 0 radical (unpaired) electrons. The van der Waals surface area contributed by atoms with Crippen LogP contribution >= 0.6 is 0 Å². The maximum Gasteiger partial charge on any atom is 0.254 e. The molecule has 0 saturated carbocycles. The summed E-state index contributed by atoms with van der Waals surface area (Å²) < 4.78 is 0.